The first kappa shape index (κ1) is 12.5. The Labute approximate surface area is 128 Å². The first-order valence-corrected chi connectivity index (χ1v) is 7.37. The van der Waals surface area contributed by atoms with Crippen molar-refractivity contribution in [2.75, 3.05) is 0 Å². The van der Waals surface area contributed by atoms with E-state index in [1.165, 1.54) is 0 Å². The van der Waals surface area contributed by atoms with Crippen LogP contribution in [0.4, 0.5) is 0 Å². The van der Waals surface area contributed by atoms with Crippen LogP contribution < -0.4 is 4.74 Å². The number of hydrogen-bond acceptors (Lipinski definition) is 1. The van der Waals surface area contributed by atoms with Gasteiger partial charge in [0, 0.05) is 11.1 Å². The van der Waals surface area contributed by atoms with Crippen molar-refractivity contribution < 1.29 is 4.74 Å². The SMILES string of the molecule is ClC1c2ccccc2Oc2cccc(-c3ccccc3)c21. The quantitative estimate of drug-likeness (QED) is 0.516. The van der Waals surface area contributed by atoms with E-state index in [0.29, 0.717) is 0 Å². The van der Waals surface area contributed by atoms with Gasteiger partial charge >= 0.3 is 0 Å². The van der Waals surface area contributed by atoms with Gasteiger partial charge in [0.05, 0.1) is 5.38 Å². The molecule has 1 unspecified atom stereocenters. The van der Waals surface area contributed by atoms with E-state index in [1.807, 2.05) is 54.6 Å². The molecule has 0 radical (unpaired) electrons. The Kier molecular flexibility index (Phi) is 2.94. The van der Waals surface area contributed by atoms with Gasteiger partial charge < -0.3 is 4.74 Å². The van der Waals surface area contributed by atoms with Crippen LogP contribution in [0.25, 0.3) is 11.1 Å². The predicted molar refractivity (Wildman–Crippen MR) is 86.1 cm³/mol. The first-order chi connectivity index (χ1) is 10.3. The molecule has 4 rings (SSSR count). The van der Waals surface area contributed by atoms with E-state index in [-0.39, 0.29) is 5.38 Å². The van der Waals surface area contributed by atoms with Crippen LogP contribution >= 0.6 is 11.6 Å². The monoisotopic (exact) mass is 292 g/mol. The molecule has 0 spiro atoms. The molecule has 3 aromatic carbocycles. The van der Waals surface area contributed by atoms with Crippen molar-refractivity contribution in [3.63, 3.8) is 0 Å². The number of rotatable bonds is 1. The van der Waals surface area contributed by atoms with Crippen LogP contribution in [0.3, 0.4) is 0 Å². The molecule has 1 aliphatic rings. The smallest absolute Gasteiger partial charge is 0.133 e. The maximum absolute atomic E-state index is 6.75. The summed E-state index contributed by atoms with van der Waals surface area (Å²) in [5, 5.41) is -0.193. The summed E-state index contributed by atoms with van der Waals surface area (Å²) in [4.78, 5) is 0. The number of benzene rings is 3. The summed E-state index contributed by atoms with van der Waals surface area (Å²) in [6, 6.07) is 24.3. The van der Waals surface area contributed by atoms with Crippen LogP contribution in [0.5, 0.6) is 11.5 Å². The van der Waals surface area contributed by atoms with E-state index in [9.17, 15) is 0 Å². The van der Waals surface area contributed by atoms with Gasteiger partial charge in [-0.15, -0.1) is 11.6 Å². The zero-order chi connectivity index (χ0) is 14.2. The third kappa shape index (κ3) is 2.01. The molecule has 1 atom stereocenters. The van der Waals surface area contributed by atoms with Crippen molar-refractivity contribution in [1.29, 1.82) is 0 Å². The van der Waals surface area contributed by atoms with Crippen LogP contribution in [0.1, 0.15) is 16.5 Å². The van der Waals surface area contributed by atoms with Crippen LogP contribution in [-0.2, 0) is 0 Å². The molecule has 102 valence electrons. The van der Waals surface area contributed by atoms with E-state index in [1.54, 1.807) is 0 Å². The number of fused-ring (bicyclic) bond motifs is 2. The molecule has 1 nitrogen and oxygen atoms in total. The van der Waals surface area contributed by atoms with E-state index in [4.69, 9.17) is 16.3 Å². The van der Waals surface area contributed by atoms with Crippen molar-refractivity contribution in [1.82, 2.24) is 0 Å². The standard InChI is InChI=1S/C19H13ClO/c20-19-15-9-4-5-11-16(15)21-17-12-6-10-14(18(17)19)13-7-2-1-3-8-13/h1-12,19H. The number of alkyl halides is 1. The van der Waals surface area contributed by atoms with Gasteiger partial charge in [-0.2, -0.15) is 0 Å². The lowest BCUT2D eigenvalue weighted by Gasteiger charge is -2.26. The second kappa shape index (κ2) is 4.94. The van der Waals surface area contributed by atoms with Crippen molar-refractivity contribution in [2.45, 2.75) is 5.38 Å². The highest BCUT2D eigenvalue weighted by atomic mass is 35.5. The molecule has 0 amide bonds. The fourth-order valence-electron chi connectivity index (χ4n) is 2.82. The maximum atomic E-state index is 6.75. The van der Waals surface area contributed by atoms with E-state index < -0.39 is 0 Å². The Hall–Kier alpha value is -2.25. The van der Waals surface area contributed by atoms with Crippen molar-refractivity contribution in [3.8, 4) is 22.6 Å². The molecule has 3 aromatic rings. The third-order valence-electron chi connectivity index (χ3n) is 3.82. The predicted octanol–water partition coefficient (Wildman–Crippen LogP) is 5.79. The maximum Gasteiger partial charge on any atom is 0.133 e. The summed E-state index contributed by atoms with van der Waals surface area (Å²) in [6.07, 6.45) is 0. The molecule has 1 heterocycles. The molecular weight excluding hydrogens is 280 g/mol. The van der Waals surface area contributed by atoms with Gasteiger partial charge in [0.15, 0.2) is 0 Å². The lowest BCUT2D eigenvalue weighted by molar-refractivity contribution is 0.458. The molecular formula is C19H13ClO. The van der Waals surface area contributed by atoms with Crippen LogP contribution in [0.15, 0.2) is 72.8 Å². The van der Waals surface area contributed by atoms with Crippen molar-refractivity contribution in [3.05, 3.63) is 83.9 Å². The molecule has 1 aliphatic heterocycles. The van der Waals surface area contributed by atoms with Gasteiger partial charge in [-0.05, 0) is 23.3 Å². The molecule has 0 aliphatic carbocycles. The molecule has 21 heavy (non-hydrogen) atoms. The Morgan fingerprint density at radius 2 is 1.43 bits per heavy atom. The summed E-state index contributed by atoms with van der Waals surface area (Å²) in [6.45, 7) is 0. The Bertz CT molecular complexity index is 796. The lowest BCUT2D eigenvalue weighted by Crippen LogP contribution is -2.07. The highest BCUT2D eigenvalue weighted by molar-refractivity contribution is 6.23. The summed E-state index contributed by atoms with van der Waals surface area (Å²) in [5.74, 6) is 1.69. The zero-order valence-corrected chi connectivity index (χ0v) is 12.0. The molecule has 0 fully saturated rings. The van der Waals surface area contributed by atoms with E-state index >= 15 is 0 Å². The van der Waals surface area contributed by atoms with Gasteiger partial charge in [-0.25, -0.2) is 0 Å². The summed E-state index contributed by atoms with van der Waals surface area (Å²) in [7, 11) is 0. The fraction of sp³-hybridized carbons (Fsp3) is 0.0526. The topological polar surface area (TPSA) is 9.23 Å². The fourth-order valence-corrected chi connectivity index (χ4v) is 3.23. The third-order valence-corrected chi connectivity index (χ3v) is 4.27. The number of hydrogen-bond donors (Lipinski definition) is 0. The molecule has 0 saturated heterocycles. The van der Waals surface area contributed by atoms with Crippen LogP contribution in [-0.4, -0.2) is 0 Å². The highest BCUT2D eigenvalue weighted by Gasteiger charge is 2.27. The number of para-hydroxylation sites is 1. The Morgan fingerprint density at radius 1 is 0.714 bits per heavy atom. The molecule has 0 N–H and O–H groups in total. The average molecular weight is 293 g/mol. The van der Waals surface area contributed by atoms with Crippen molar-refractivity contribution in [2.24, 2.45) is 0 Å². The van der Waals surface area contributed by atoms with E-state index in [2.05, 4.69) is 18.2 Å². The molecule has 2 heteroatoms. The minimum absolute atomic E-state index is 0.193. The van der Waals surface area contributed by atoms with Gasteiger partial charge in [0.1, 0.15) is 11.5 Å². The molecule has 0 saturated carbocycles. The zero-order valence-electron chi connectivity index (χ0n) is 11.3. The van der Waals surface area contributed by atoms with Crippen molar-refractivity contribution >= 4 is 11.6 Å². The van der Waals surface area contributed by atoms with Gasteiger partial charge in [0.25, 0.3) is 0 Å². The van der Waals surface area contributed by atoms with E-state index in [0.717, 1.165) is 33.8 Å². The summed E-state index contributed by atoms with van der Waals surface area (Å²) >= 11 is 6.75. The summed E-state index contributed by atoms with van der Waals surface area (Å²) < 4.78 is 6.03. The first-order valence-electron chi connectivity index (χ1n) is 6.94. The summed E-state index contributed by atoms with van der Waals surface area (Å²) in [5.41, 5.74) is 4.35. The molecule has 0 aromatic heterocycles. The largest absolute Gasteiger partial charge is 0.457 e. The Balaban J connectivity index is 1.93. The molecule has 0 bridgehead atoms. The van der Waals surface area contributed by atoms with Crippen LogP contribution in [0.2, 0.25) is 0 Å². The minimum atomic E-state index is -0.193. The highest BCUT2D eigenvalue weighted by Crippen LogP contribution is 2.49. The van der Waals surface area contributed by atoms with Gasteiger partial charge in [0.2, 0.25) is 0 Å². The number of ether oxygens (including phenoxy) is 1. The minimum Gasteiger partial charge on any atom is -0.457 e. The van der Waals surface area contributed by atoms with Crippen LogP contribution in [0, 0.1) is 0 Å². The van der Waals surface area contributed by atoms with Gasteiger partial charge in [-0.3, -0.25) is 0 Å². The second-order valence-corrected chi connectivity index (χ2v) is 5.52. The Morgan fingerprint density at radius 3 is 2.29 bits per heavy atom. The second-order valence-electron chi connectivity index (χ2n) is 5.09. The van der Waals surface area contributed by atoms with Gasteiger partial charge in [-0.1, -0.05) is 60.7 Å². The normalized spacial score (nSPS) is 15.8. The average Bonchev–Trinajstić information content (AvgIpc) is 2.55. The number of halogens is 1. The lowest BCUT2D eigenvalue weighted by atomic mass is 9.92.